The molecule has 4 nitrogen and oxygen atoms in total. The third-order valence-electron chi connectivity index (χ3n) is 2.97. The Bertz CT molecular complexity index is 235. The largest absolute Gasteiger partial charge is 0.396 e. The molecular formula is C11H22N2O2. The van der Waals surface area contributed by atoms with Gasteiger partial charge in [-0.2, -0.15) is 0 Å². The zero-order chi connectivity index (χ0) is 11.6. The summed E-state index contributed by atoms with van der Waals surface area (Å²) in [5.41, 5.74) is -0.119. The van der Waals surface area contributed by atoms with Crippen molar-refractivity contribution >= 4 is 5.91 Å². The Kier molecular flexibility index (Phi) is 3.73. The topological polar surface area (TPSA) is 43.8 Å². The Morgan fingerprint density at radius 3 is 2.47 bits per heavy atom. The summed E-state index contributed by atoms with van der Waals surface area (Å²) in [5.74, 6) is 0.144. The number of hydrogen-bond donors (Lipinski definition) is 1. The van der Waals surface area contributed by atoms with Gasteiger partial charge in [-0.15, -0.1) is 0 Å². The Hall–Kier alpha value is -0.610. The third kappa shape index (κ3) is 2.69. The van der Waals surface area contributed by atoms with Crippen molar-refractivity contribution in [3.8, 4) is 0 Å². The van der Waals surface area contributed by atoms with E-state index in [1.165, 1.54) is 0 Å². The first-order valence-electron chi connectivity index (χ1n) is 5.50. The maximum absolute atomic E-state index is 12.1. The van der Waals surface area contributed by atoms with E-state index in [2.05, 4.69) is 0 Å². The van der Waals surface area contributed by atoms with Gasteiger partial charge in [-0.05, 0) is 34.2 Å². The minimum atomic E-state index is -0.150. The summed E-state index contributed by atoms with van der Waals surface area (Å²) in [6.45, 7) is 7.87. The first kappa shape index (κ1) is 12.5. The van der Waals surface area contributed by atoms with Crippen LogP contribution in [0.4, 0.5) is 0 Å². The molecule has 1 N–H and O–H groups in total. The molecule has 1 amide bonds. The number of carbonyl (C=O) groups excluding carboxylic acids is 1. The van der Waals surface area contributed by atoms with E-state index in [1.807, 2.05) is 37.6 Å². The van der Waals surface area contributed by atoms with E-state index in [4.69, 9.17) is 5.11 Å². The lowest BCUT2D eigenvalue weighted by Crippen LogP contribution is -2.60. The van der Waals surface area contributed by atoms with Crippen LogP contribution in [0.1, 0.15) is 27.2 Å². The van der Waals surface area contributed by atoms with Crippen LogP contribution in [0.3, 0.4) is 0 Å². The quantitative estimate of drug-likeness (QED) is 0.719. The molecule has 1 aliphatic rings. The van der Waals surface area contributed by atoms with Crippen molar-refractivity contribution in [2.75, 3.05) is 26.7 Å². The van der Waals surface area contributed by atoms with Gasteiger partial charge >= 0.3 is 0 Å². The molecular weight excluding hydrogens is 192 g/mol. The van der Waals surface area contributed by atoms with Crippen LogP contribution in [0.25, 0.3) is 0 Å². The summed E-state index contributed by atoms with van der Waals surface area (Å²) in [7, 11) is 1.94. The highest BCUT2D eigenvalue weighted by atomic mass is 16.3. The molecule has 1 heterocycles. The second-order valence-corrected chi connectivity index (χ2v) is 5.17. The molecule has 1 rings (SSSR count). The predicted molar refractivity (Wildman–Crippen MR) is 59.6 cm³/mol. The molecule has 4 heteroatoms. The van der Waals surface area contributed by atoms with E-state index in [0.29, 0.717) is 6.42 Å². The second-order valence-electron chi connectivity index (χ2n) is 5.17. The average Bonchev–Trinajstić information content (AvgIpc) is 2.09. The summed E-state index contributed by atoms with van der Waals surface area (Å²) in [4.78, 5) is 16.1. The number of piperazine rings is 1. The summed E-state index contributed by atoms with van der Waals surface area (Å²) in [6, 6.07) is -0.150. The molecule has 1 aliphatic heterocycles. The van der Waals surface area contributed by atoms with Gasteiger partial charge in [0.25, 0.3) is 0 Å². The van der Waals surface area contributed by atoms with Crippen LogP contribution in [0, 0.1) is 0 Å². The number of aliphatic hydroxyl groups excluding tert-OH is 1. The number of likely N-dealkylation sites (N-methyl/N-ethyl adjacent to an activating group) is 1. The van der Waals surface area contributed by atoms with E-state index in [1.54, 1.807) is 0 Å². The van der Waals surface area contributed by atoms with Crippen LogP contribution in [-0.2, 0) is 4.79 Å². The molecule has 0 aromatic heterocycles. The molecule has 88 valence electrons. The molecule has 0 aromatic rings. The van der Waals surface area contributed by atoms with Crippen molar-refractivity contribution in [2.24, 2.45) is 0 Å². The van der Waals surface area contributed by atoms with Gasteiger partial charge in [0.2, 0.25) is 5.91 Å². The van der Waals surface area contributed by atoms with Crippen molar-refractivity contribution < 1.29 is 9.90 Å². The molecule has 0 bridgehead atoms. The lowest BCUT2D eigenvalue weighted by atomic mass is 10.0. The fourth-order valence-electron chi connectivity index (χ4n) is 2.02. The van der Waals surface area contributed by atoms with E-state index in [-0.39, 0.29) is 24.1 Å². The fraction of sp³-hybridized carbons (Fsp3) is 0.909. The standard InChI is InChI=1S/C11H22N2O2/c1-11(2,3)13-7-6-12(4)9(5-8-14)10(13)15/h9,14H,5-8H2,1-4H3. The molecule has 1 fully saturated rings. The number of rotatable bonds is 2. The fourth-order valence-corrected chi connectivity index (χ4v) is 2.02. The van der Waals surface area contributed by atoms with Crippen LogP contribution < -0.4 is 0 Å². The highest BCUT2D eigenvalue weighted by molar-refractivity contribution is 5.83. The molecule has 1 unspecified atom stereocenters. The molecule has 15 heavy (non-hydrogen) atoms. The monoisotopic (exact) mass is 214 g/mol. The first-order chi connectivity index (χ1) is 6.88. The Morgan fingerprint density at radius 2 is 2.00 bits per heavy atom. The average molecular weight is 214 g/mol. The van der Waals surface area contributed by atoms with Gasteiger partial charge < -0.3 is 10.0 Å². The zero-order valence-corrected chi connectivity index (χ0v) is 10.2. The number of aliphatic hydroxyl groups is 1. The van der Waals surface area contributed by atoms with Crippen molar-refractivity contribution in [1.29, 1.82) is 0 Å². The molecule has 0 spiro atoms. The maximum atomic E-state index is 12.1. The first-order valence-corrected chi connectivity index (χ1v) is 5.50. The Balaban J connectivity index is 2.77. The van der Waals surface area contributed by atoms with Crippen molar-refractivity contribution in [3.05, 3.63) is 0 Å². The van der Waals surface area contributed by atoms with Gasteiger partial charge in [0.15, 0.2) is 0 Å². The SMILES string of the molecule is CN1CCN(C(C)(C)C)C(=O)C1CCO. The van der Waals surface area contributed by atoms with Crippen molar-refractivity contribution in [2.45, 2.75) is 38.8 Å². The minimum Gasteiger partial charge on any atom is -0.396 e. The Labute approximate surface area is 91.9 Å². The molecule has 1 atom stereocenters. The third-order valence-corrected chi connectivity index (χ3v) is 2.97. The van der Waals surface area contributed by atoms with Crippen molar-refractivity contribution in [1.82, 2.24) is 9.80 Å². The lowest BCUT2D eigenvalue weighted by Gasteiger charge is -2.45. The smallest absolute Gasteiger partial charge is 0.240 e. The van der Waals surface area contributed by atoms with E-state index >= 15 is 0 Å². The van der Waals surface area contributed by atoms with Gasteiger partial charge in [0, 0.05) is 25.2 Å². The predicted octanol–water partition coefficient (Wildman–Crippen LogP) is 0.310. The molecule has 0 aromatic carbocycles. The van der Waals surface area contributed by atoms with E-state index in [9.17, 15) is 4.79 Å². The van der Waals surface area contributed by atoms with Crippen LogP contribution in [0.5, 0.6) is 0 Å². The van der Waals surface area contributed by atoms with Crippen LogP contribution >= 0.6 is 0 Å². The van der Waals surface area contributed by atoms with Gasteiger partial charge in [0.05, 0.1) is 6.04 Å². The van der Waals surface area contributed by atoms with Crippen LogP contribution in [0.15, 0.2) is 0 Å². The highest BCUT2D eigenvalue weighted by Crippen LogP contribution is 2.21. The molecule has 0 radical (unpaired) electrons. The summed E-state index contributed by atoms with van der Waals surface area (Å²) in [6.07, 6.45) is 0.530. The number of hydrogen-bond acceptors (Lipinski definition) is 3. The van der Waals surface area contributed by atoms with Crippen LogP contribution in [0.2, 0.25) is 0 Å². The Morgan fingerprint density at radius 1 is 1.40 bits per heavy atom. The van der Waals surface area contributed by atoms with E-state index in [0.717, 1.165) is 13.1 Å². The number of nitrogens with zero attached hydrogens (tertiary/aromatic N) is 2. The summed E-state index contributed by atoms with van der Waals surface area (Å²) >= 11 is 0. The summed E-state index contributed by atoms with van der Waals surface area (Å²) in [5, 5.41) is 8.95. The zero-order valence-electron chi connectivity index (χ0n) is 10.2. The van der Waals surface area contributed by atoms with Crippen molar-refractivity contribution in [3.63, 3.8) is 0 Å². The summed E-state index contributed by atoms with van der Waals surface area (Å²) < 4.78 is 0. The normalized spacial score (nSPS) is 24.7. The molecule has 1 saturated heterocycles. The molecule has 0 aliphatic carbocycles. The van der Waals surface area contributed by atoms with Gasteiger partial charge in [0.1, 0.15) is 0 Å². The van der Waals surface area contributed by atoms with E-state index < -0.39 is 0 Å². The maximum Gasteiger partial charge on any atom is 0.240 e. The molecule has 0 saturated carbocycles. The number of carbonyl (C=O) groups is 1. The van der Waals surface area contributed by atoms with Gasteiger partial charge in [-0.3, -0.25) is 9.69 Å². The minimum absolute atomic E-state index is 0.0682. The van der Waals surface area contributed by atoms with Crippen LogP contribution in [-0.4, -0.2) is 59.1 Å². The van der Waals surface area contributed by atoms with Gasteiger partial charge in [-0.1, -0.05) is 0 Å². The second kappa shape index (κ2) is 4.49. The van der Waals surface area contributed by atoms with Gasteiger partial charge in [-0.25, -0.2) is 0 Å². The highest BCUT2D eigenvalue weighted by Gasteiger charge is 2.37. The lowest BCUT2D eigenvalue weighted by molar-refractivity contribution is -0.147. The number of amides is 1.